The molecular formula is C22H21FN2O4. The molecule has 29 heavy (non-hydrogen) atoms. The van der Waals surface area contributed by atoms with Crippen molar-refractivity contribution in [2.24, 2.45) is 0 Å². The zero-order chi connectivity index (χ0) is 20.7. The number of hydrogen-bond acceptors (Lipinski definition) is 4. The van der Waals surface area contributed by atoms with Gasteiger partial charge in [-0.15, -0.1) is 0 Å². The molecule has 1 aliphatic carbocycles. The van der Waals surface area contributed by atoms with Crippen LogP contribution in [0.2, 0.25) is 0 Å². The molecule has 4 rings (SSSR count). The minimum atomic E-state index is -0.483. The van der Waals surface area contributed by atoms with Gasteiger partial charge in [-0.3, -0.25) is 9.69 Å². The van der Waals surface area contributed by atoms with E-state index >= 15 is 0 Å². The standard InChI is InChI=1S/C22H21FN2O4/c1-24-21(26)19-16-10-15(12-4-5-12)17(25(2)22(27)28-3)11-18(16)29-20(19)13-6-8-14(23)9-7-13/h6-12H,4-5H2,1-3H3,(H,24,26). The fourth-order valence-corrected chi connectivity index (χ4v) is 3.55. The van der Waals surface area contributed by atoms with Gasteiger partial charge in [0.1, 0.15) is 17.2 Å². The molecule has 1 fully saturated rings. The molecule has 2 amide bonds. The molecular weight excluding hydrogens is 375 g/mol. The molecule has 3 aromatic rings. The van der Waals surface area contributed by atoms with Gasteiger partial charge in [0.15, 0.2) is 0 Å². The van der Waals surface area contributed by atoms with Crippen LogP contribution >= 0.6 is 0 Å². The second kappa shape index (κ2) is 7.24. The Labute approximate surface area is 167 Å². The van der Waals surface area contributed by atoms with Gasteiger partial charge in [-0.05, 0) is 54.7 Å². The molecule has 0 atom stereocenters. The highest BCUT2D eigenvalue weighted by molar-refractivity contribution is 6.12. The first-order chi connectivity index (χ1) is 13.9. The van der Waals surface area contributed by atoms with Crippen LogP contribution in [0, 0.1) is 5.82 Å². The fourth-order valence-electron chi connectivity index (χ4n) is 3.55. The van der Waals surface area contributed by atoms with Gasteiger partial charge in [-0.1, -0.05) is 0 Å². The van der Waals surface area contributed by atoms with Crippen LogP contribution in [0.15, 0.2) is 40.8 Å². The number of hydrogen-bond donors (Lipinski definition) is 1. The first kappa shape index (κ1) is 19.0. The van der Waals surface area contributed by atoms with Crippen molar-refractivity contribution < 1.29 is 23.1 Å². The van der Waals surface area contributed by atoms with Crippen molar-refractivity contribution in [2.45, 2.75) is 18.8 Å². The third-order valence-electron chi connectivity index (χ3n) is 5.22. The van der Waals surface area contributed by atoms with Crippen LogP contribution < -0.4 is 10.2 Å². The third-order valence-corrected chi connectivity index (χ3v) is 5.22. The predicted molar refractivity (Wildman–Crippen MR) is 108 cm³/mol. The lowest BCUT2D eigenvalue weighted by molar-refractivity contribution is 0.0964. The fraction of sp³-hybridized carbons (Fsp3) is 0.273. The Morgan fingerprint density at radius 1 is 1.21 bits per heavy atom. The normalized spacial score (nSPS) is 13.4. The maximum absolute atomic E-state index is 13.4. The van der Waals surface area contributed by atoms with E-state index in [1.807, 2.05) is 6.07 Å². The lowest BCUT2D eigenvalue weighted by Crippen LogP contribution is -2.26. The van der Waals surface area contributed by atoms with Crippen LogP contribution in [-0.2, 0) is 4.74 Å². The van der Waals surface area contributed by atoms with Gasteiger partial charge < -0.3 is 14.5 Å². The highest BCUT2D eigenvalue weighted by Gasteiger charge is 2.31. The molecule has 7 heteroatoms. The molecule has 0 radical (unpaired) electrons. The van der Waals surface area contributed by atoms with Crippen LogP contribution in [0.5, 0.6) is 0 Å². The topological polar surface area (TPSA) is 71.8 Å². The summed E-state index contributed by atoms with van der Waals surface area (Å²) in [4.78, 5) is 26.2. The van der Waals surface area contributed by atoms with Crippen molar-refractivity contribution in [3.8, 4) is 11.3 Å². The number of carbonyl (C=O) groups excluding carboxylic acids is 2. The Balaban J connectivity index is 1.97. The van der Waals surface area contributed by atoms with E-state index in [9.17, 15) is 14.0 Å². The molecule has 1 N–H and O–H groups in total. The van der Waals surface area contributed by atoms with Crippen LogP contribution in [0.3, 0.4) is 0 Å². The summed E-state index contributed by atoms with van der Waals surface area (Å²) in [5.41, 5.74) is 3.12. The number of halogens is 1. The molecule has 150 valence electrons. The predicted octanol–water partition coefficient (Wildman–Crippen LogP) is 4.68. The molecule has 1 aliphatic rings. The van der Waals surface area contributed by atoms with E-state index in [0.717, 1.165) is 18.4 Å². The monoisotopic (exact) mass is 396 g/mol. The Bertz CT molecular complexity index is 1100. The first-order valence-corrected chi connectivity index (χ1v) is 9.34. The summed E-state index contributed by atoms with van der Waals surface area (Å²) in [6.07, 6.45) is 1.56. The molecule has 1 aromatic heterocycles. The zero-order valence-corrected chi connectivity index (χ0v) is 16.4. The third kappa shape index (κ3) is 3.33. The van der Waals surface area contributed by atoms with Crippen molar-refractivity contribution in [3.05, 3.63) is 53.3 Å². The van der Waals surface area contributed by atoms with E-state index < -0.39 is 6.09 Å². The number of ether oxygens (including phenoxy) is 1. The quantitative estimate of drug-likeness (QED) is 0.695. The van der Waals surface area contributed by atoms with Crippen LogP contribution in [-0.4, -0.2) is 33.2 Å². The number of carbonyl (C=O) groups is 2. The average molecular weight is 396 g/mol. The second-order valence-corrected chi connectivity index (χ2v) is 7.10. The average Bonchev–Trinajstić information content (AvgIpc) is 3.52. The summed E-state index contributed by atoms with van der Waals surface area (Å²) in [5.74, 6) is 0.0189. The summed E-state index contributed by atoms with van der Waals surface area (Å²) in [7, 11) is 4.52. The summed E-state index contributed by atoms with van der Waals surface area (Å²) in [6.45, 7) is 0. The van der Waals surface area contributed by atoms with E-state index in [-0.39, 0.29) is 11.7 Å². The summed E-state index contributed by atoms with van der Waals surface area (Å²) in [5, 5.41) is 3.31. The highest BCUT2D eigenvalue weighted by atomic mass is 19.1. The lowest BCUT2D eigenvalue weighted by atomic mass is 10.00. The van der Waals surface area contributed by atoms with Crippen LogP contribution in [0.1, 0.15) is 34.7 Å². The molecule has 1 saturated carbocycles. The number of amides is 2. The van der Waals surface area contributed by atoms with Gasteiger partial charge in [0, 0.05) is 31.1 Å². The Hall–Kier alpha value is -3.35. The van der Waals surface area contributed by atoms with Gasteiger partial charge in [0.05, 0.1) is 18.4 Å². The van der Waals surface area contributed by atoms with Crippen molar-refractivity contribution in [3.63, 3.8) is 0 Å². The number of nitrogens with one attached hydrogen (secondary N) is 1. The molecule has 2 aromatic carbocycles. The molecule has 6 nitrogen and oxygen atoms in total. The van der Waals surface area contributed by atoms with E-state index in [2.05, 4.69) is 5.32 Å². The van der Waals surface area contributed by atoms with Gasteiger partial charge in [-0.25, -0.2) is 9.18 Å². The van der Waals surface area contributed by atoms with E-state index in [1.54, 1.807) is 32.3 Å². The molecule has 0 saturated heterocycles. The van der Waals surface area contributed by atoms with E-state index in [0.29, 0.717) is 39.5 Å². The van der Waals surface area contributed by atoms with Gasteiger partial charge in [0.2, 0.25) is 0 Å². The number of fused-ring (bicyclic) bond motifs is 1. The number of nitrogens with zero attached hydrogens (tertiary/aromatic N) is 1. The molecule has 0 unspecified atom stereocenters. The largest absolute Gasteiger partial charge is 0.455 e. The van der Waals surface area contributed by atoms with E-state index in [1.165, 1.54) is 24.1 Å². The van der Waals surface area contributed by atoms with Crippen molar-refractivity contribution >= 4 is 28.7 Å². The summed E-state index contributed by atoms with van der Waals surface area (Å²) >= 11 is 0. The Morgan fingerprint density at radius 3 is 2.48 bits per heavy atom. The lowest BCUT2D eigenvalue weighted by Gasteiger charge is -2.19. The first-order valence-electron chi connectivity index (χ1n) is 9.34. The maximum Gasteiger partial charge on any atom is 0.413 e. The number of rotatable bonds is 4. The zero-order valence-electron chi connectivity index (χ0n) is 16.4. The van der Waals surface area contributed by atoms with Crippen LogP contribution in [0.4, 0.5) is 14.9 Å². The number of methoxy groups -OCH3 is 1. The Kier molecular flexibility index (Phi) is 4.74. The minimum Gasteiger partial charge on any atom is -0.455 e. The summed E-state index contributed by atoms with van der Waals surface area (Å²) in [6, 6.07) is 9.47. The Morgan fingerprint density at radius 2 is 1.90 bits per heavy atom. The molecule has 0 bridgehead atoms. The SMILES string of the molecule is CNC(=O)c1c(-c2ccc(F)cc2)oc2cc(N(C)C(=O)OC)c(C3CC3)cc12. The van der Waals surface area contributed by atoms with Crippen molar-refractivity contribution in [2.75, 3.05) is 26.1 Å². The molecule has 1 heterocycles. The minimum absolute atomic E-state index is 0.293. The van der Waals surface area contributed by atoms with E-state index in [4.69, 9.17) is 9.15 Å². The number of anilines is 1. The number of furan rings is 1. The van der Waals surface area contributed by atoms with Crippen molar-refractivity contribution in [1.29, 1.82) is 0 Å². The van der Waals surface area contributed by atoms with Crippen LogP contribution in [0.25, 0.3) is 22.3 Å². The van der Waals surface area contributed by atoms with Gasteiger partial charge >= 0.3 is 6.09 Å². The molecule has 0 aliphatic heterocycles. The van der Waals surface area contributed by atoms with Gasteiger partial charge in [0.25, 0.3) is 5.91 Å². The van der Waals surface area contributed by atoms with Gasteiger partial charge in [-0.2, -0.15) is 0 Å². The molecule has 0 spiro atoms. The maximum atomic E-state index is 13.4. The van der Waals surface area contributed by atoms with Crippen molar-refractivity contribution in [1.82, 2.24) is 5.32 Å². The second-order valence-electron chi connectivity index (χ2n) is 7.10. The summed E-state index contributed by atoms with van der Waals surface area (Å²) < 4.78 is 24.3. The number of benzene rings is 2. The highest BCUT2D eigenvalue weighted by Crippen LogP contribution is 2.47. The smallest absolute Gasteiger partial charge is 0.413 e.